The number of carboxylic acid groups (broad SMARTS) is 1. The van der Waals surface area contributed by atoms with Crippen molar-refractivity contribution in [3.8, 4) is 5.82 Å². The Morgan fingerprint density at radius 3 is 2.81 bits per heavy atom. The zero-order valence-corrected chi connectivity index (χ0v) is 8.46. The van der Waals surface area contributed by atoms with Crippen LogP contribution in [-0.2, 0) is 0 Å². The molecule has 0 radical (unpaired) electrons. The fourth-order valence-corrected chi connectivity index (χ4v) is 1.26. The van der Waals surface area contributed by atoms with Gasteiger partial charge in [-0.3, -0.25) is 0 Å². The first-order chi connectivity index (χ1) is 7.59. The molecule has 0 aliphatic heterocycles. The van der Waals surface area contributed by atoms with E-state index >= 15 is 0 Å². The van der Waals surface area contributed by atoms with Crippen molar-refractivity contribution in [3.63, 3.8) is 0 Å². The van der Waals surface area contributed by atoms with Crippen LogP contribution in [0, 0.1) is 0 Å². The van der Waals surface area contributed by atoms with Crippen LogP contribution in [0.4, 0.5) is 5.82 Å². The Hall–Kier alpha value is -2.22. The van der Waals surface area contributed by atoms with Crippen molar-refractivity contribution in [3.05, 3.63) is 23.2 Å². The van der Waals surface area contributed by atoms with Crippen LogP contribution in [0.15, 0.2) is 12.4 Å². The van der Waals surface area contributed by atoms with Crippen LogP contribution in [0.1, 0.15) is 10.5 Å². The lowest BCUT2D eigenvalue weighted by Gasteiger charge is -2.04. The number of nitrogen functional groups attached to an aromatic ring is 1. The third-order valence-electron chi connectivity index (χ3n) is 1.71. The number of halogens is 1. The molecule has 2 heterocycles. The van der Waals surface area contributed by atoms with Crippen molar-refractivity contribution in [2.24, 2.45) is 0 Å². The van der Waals surface area contributed by atoms with Gasteiger partial charge in [0.25, 0.3) is 0 Å². The average molecular weight is 241 g/mol. The third kappa shape index (κ3) is 1.65. The quantitative estimate of drug-likeness (QED) is 0.757. The van der Waals surface area contributed by atoms with Crippen LogP contribution in [0.2, 0.25) is 5.15 Å². The summed E-state index contributed by atoms with van der Waals surface area (Å²) >= 11 is 5.76. The van der Waals surface area contributed by atoms with E-state index in [1.807, 2.05) is 0 Å². The van der Waals surface area contributed by atoms with Gasteiger partial charge in [-0.2, -0.15) is 4.68 Å². The highest BCUT2D eigenvalue weighted by Gasteiger charge is 2.16. The lowest BCUT2D eigenvalue weighted by Crippen LogP contribution is -2.11. The lowest BCUT2D eigenvalue weighted by atomic mass is 10.4. The van der Waals surface area contributed by atoms with E-state index in [1.54, 1.807) is 0 Å². The Morgan fingerprint density at radius 2 is 2.25 bits per heavy atom. The topological polar surface area (TPSA) is 120 Å². The molecule has 0 aliphatic rings. The second kappa shape index (κ2) is 3.74. The summed E-state index contributed by atoms with van der Waals surface area (Å²) in [6, 6.07) is 0. The first kappa shape index (κ1) is 10.3. The highest BCUT2D eigenvalue weighted by Crippen LogP contribution is 2.18. The van der Waals surface area contributed by atoms with Crippen LogP contribution in [0.5, 0.6) is 0 Å². The fraction of sp³-hybridized carbons (Fsp3) is 0. The summed E-state index contributed by atoms with van der Waals surface area (Å²) in [6.07, 6.45) is 2.90. The van der Waals surface area contributed by atoms with Crippen LogP contribution < -0.4 is 5.73 Å². The minimum absolute atomic E-state index is 0.114. The van der Waals surface area contributed by atoms with Crippen molar-refractivity contribution in [1.29, 1.82) is 0 Å². The monoisotopic (exact) mass is 240 g/mol. The normalized spacial score (nSPS) is 10.3. The maximum atomic E-state index is 10.7. The molecule has 2 aromatic heterocycles. The van der Waals surface area contributed by atoms with Crippen molar-refractivity contribution >= 4 is 23.4 Å². The van der Waals surface area contributed by atoms with Crippen LogP contribution in [0.25, 0.3) is 5.82 Å². The molecule has 16 heavy (non-hydrogen) atoms. The maximum Gasteiger partial charge on any atom is 0.358 e. The number of hydrogen-bond acceptors (Lipinski definition) is 6. The molecule has 0 saturated carbocycles. The SMILES string of the molecule is Nc1nc(-n2ccnn2)c(Cl)nc1C(=O)O. The fourth-order valence-electron chi connectivity index (χ4n) is 1.04. The Bertz CT molecular complexity index is 540. The first-order valence-electron chi connectivity index (χ1n) is 4.02. The zero-order chi connectivity index (χ0) is 11.7. The van der Waals surface area contributed by atoms with Gasteiger partial charge in [0.2, 0.25) is 0 Å². The smallest absolute Gasteiger partial charge is 0.358 e. The zero-order valence-electron chi connectivity index (χ0n) is 7.70. The minimum atomic E-state index is -1.29. The molecule has 0 aromatic carbocycles. The van der Waals surface area contributed by atoms with Crippen LogP contribution in [-0.4, -0.2) is 36.0 Å². The maximum absolute atomic E-state index is 10.7. The van der Waals surface area contributed by atoms with Crippen LogP contribution in [0.3, 0.4) is 0 Å². The molecule has 2 rings (SSSR count). The lowest BCUT2D eigenvalue weighted by molar-refractivity contribution is 0.0691. The number of rotatable bonds is 2. The molecule has 3 N–H and O–H groups in total. The number of aromatic carboxylic acids is 1. The van der Waals surface area contributed by atoms with Crippen molar-refractivity contribution < 1.29 is 9.90 Å². The molecule has 0 unspecified atom stereocenters. The van der Waals surface area contributed by atoms with Gasteiger partial charge < -0.3 is 10.8 Å². The van der Waals surface area contributed by atoms with Gasteiger partial charge in [0.1, 0.15) is 0 Å². The van der Waals surface area contributed by atoms with E-state index in [0.29, 0.717) is 0 Å². The van der Waals surface area contributed by atoms with E-state index in [1.165, 1.54) is 17.1 Å². The van der Waals surface area contributed by atoms with Crippen molar-refractivity contribution in [1.82, 2.24) is 25.0 Å². The van der Waals surface area contributed by atoms with Crippen molar-refractivity contribution in [2.75, 3.05) is 5.73 Å². The summed E-state index contributed by atoms with van der Waals surface area (Å²) in [5.41, 5.74) is 5.03. The Kier molecular flexibility index (Phi) is 2.41. The van der Waals surface area contributed by atoms with Gasteiger partial charge >= 0.3 is 5.97 Å². The molecule has 0 spiro atoms. The number of hydrogen-bond donors (Lipinski definition) is 2. The van der Waals surface area contributed by atoms with E-state index in [0.717, 1.165) is 0 Å². The molecule has 0 saturated heterocycles. The summed E-state index contributed by atoms with van der Waals surface area (Å²) in [5, 5.41) is 15.8. The number of aromatic nitrogens is 5. The highest BCUT2D eigenvalue weighted by molar-refractivity contribution is 6.31. The average Bonchev–Trinajstić information content (AvgIpc) is 2.73. The third-order valence-corrected chi connectivity index (χ3v) is 1.96. The molecule has 0 bridgehead atoms. The van der Waals surface area contributed by atoms with Gasteiger partial charge in [0, 0.05) is 0 Å². The standard InChI is InChI=1S/C7H5ClN6O2/c8-4-6(14-2-1-10-13-14)12-5(9)3(11-4)7(15)16/h1-2H,(H2,9,12)(H,15,16). The predicted molar refractivity (Wildman–Crippen MR) is 53.3 cm³/mol. The Morgan fingerprint density at radius 1 is 1.50 bits per heavy atom. The minimum Gasteiger partial charge on any atom is -0.476 e. The predicted octanol–water partition coefficient (Wildman–Crippen LogP) is -0.00890. The van der Waals surface area contributed by atoms with Gasteiger partial charge in [0.05, 0.1) is 12.4 Å². The summed E-state index contributed by atoms with van der Waals surface area (Å²) in [7, 11) is 0. The molecular formula is C7H5ClN6O2. The number of nitrogens with zero attached hydrogens (tertiary/aromatic N) is 5. The summed E-state index contributed by atoms with van der Waals surface area (Å²) in [5.74, 6) is -1.40. The van der Waals surface area contributed by atoms with Crippen molar-refractivity contribution in [2.45, 2.75) is 0 Å². The Balaban J connectivity index is 2.59. The summed E-state index contributed by atoms with van der Waals surface area (Å²) < 4.78 is 1.23. The largest absolute Gasteiger partial charge is 0.476 e. The number of carbonyl (C=O) groups is 1. The van der Waals surface area contributed by atoms with Gasteiger partial charge in [-0.15, -0.1) is 5.10 Å². The molecule has 8 nitrogen and oxygen atoms in total. The second-order valence-electron chi connectivity index (χ2n) is 2.72. The highest BCUT2D eigenvalue weighted by atomic mass is 35.5. The number of anilines is 1. The molecule has 9 heteroatoms. The van der Waals surface area contributed by atoms with E-state index in [2.05, 4.69) is 20.3 Å². The van der Waals surface area contributed by atoms with E-state index < -0.39 is 11.7 Å². The van der Waals surface area contributed by atoms with E-state index in [4.69, 9.17) is 22.4 Å². The summed E-state index contributed by atoms with van der Waals surface area (Å²) in [6.45, 7) is 0. The molecule has 2 aromatic rings. The van der Waals surface area contributed by atoms with Crippen LogP contribution >= 0.6 is 11.6 Å². The number of nitrogens with two attached hydrogens (primary N) is 1. The van der Waals surface area contributed by atoms with Gasteiger partial charge in [-0.1, -0.05) is 16.8 Å². The van der Waals surface area contributed by atoms with E-state index in [9.17, 15) is 4.79 Å². The number of carboxylic acids is 1. The van der Waals surface area contributed by atoms with Gasteiger partial charge in [0.15, 0.2) is 22.5 Å². The van der Waals surface area contributed by atoms with Gasteiger partial charge in [-0.05, 0) is 0 Å². The first-order valence-corrected chi connectivity index (χ1v) is 4.40. The van der Waals surface area contributed by atoms with E-state index in [-0.39, 0.29) is 16.8 Å². The Labute approximate surface area is 93.7 Å². The molecule has 0 fully saturated rings. The molecule has 82 valence electrons. The van der Waals surface area contributed by atoms with Gasteiger partial charge in [-0.25, -0.2) is 14.8 Å². The molecule has 0 atom stereocenters. The molecule has 0 amide bonds. The second-order valence-corrected chi connectivity index (χ2v) is 3.08. The molecular weight excluding hydrogens is 236 g/mol. The molecule has 0 aliphatic carbocycles. The summed E-state index contributed by atoms with van der Waals surface area (Å²) in [4.78, 5) is 18.1.